The lowest BCUT2D eigenvalue weighted by Crippen LogP contribution is -2.53. The lowest BCUT2D eigenvalue weighted by molar-refractivity contribution is -0.131. The number of hydrogen-bond acceptors (Lipinski definition) is 5. The monoisotopic (exact) mass is 381 g/mol. The van der Waals surface area contributed by atoms with E-state index in [2.05, 4.69) is 10.3 Å². The highest BCUT2D eigenvalue weighted by molar-refractivity contribution is 6.01. The van der Waals surface area contributed by atoms with Crippen molar-refractivity contribution in [2.75, 3.05) is 18.4 Å². The first kappa shape index (κ1) is 18.3. The van der Waals surface area contributed by atoms with Gasteiger partial charge in [0.2, 0.25) is 11.5 Å². The molecule has 0 bridgehead atoms. The molecule has 3 heterocycles. The van der Waals surface area contributed by atoms with Gasteiger partial charge in [-0.1, -0.05) is 30.3 Å². The van der Waals surface area contributed by atoms with Crippen LogP contribution in [0, 0.1) is 0 Å². The fraction of sp³-hybridized carbons (Fsp3) is 0.381. The van der Waals surface area contributed by atoms with Gasteiger partial charge < -0.3 is 19.7 Å². The maximum Gasteiger partial charge on any atom is 0.410 e. The second-order valence-electron chi connectivity index (χ2n) is 8.15. The summed E-state index contributed by atoms with van der Waals surface area (Å²) < 4.78 is 11.4. The van der Waals surface area contributed by atoms with Crippen molar-refractivity contribution in [1.82, 2.24) is 9.88 Å². The van der Waals surface area contributed by atoms with E-state index in [1.807, 2.05) is 57.2 Å². The normalized spacial score (nSPS) is 21.1. The third kappa shape index (κ3) is 3.40. The fourth-order valence-corrected chi connectivity index (χ4v) is 3.41. The van der Waals surface area contributed by atoms with E-state index in [0.29, 0.717) is 24.5 Å². The summed E-state index contributed by atoms with van der Waals surface area (Å²) >= 11 is 0. The van der Waals surface area contributed by atoms with Crippen LogP contribution in [0.3, 0.4) is 0 Å². The van der Waals surface area contributed by atoms with Crippen molar-refractivity contribution in [3.8, 4) is 17.0 Å². The summed E-state index contributed by atoms with van der Waals surface area (Å²) in [5, 5.41) is 2.91. The first-order valence-corrected chi connectivity index (χ1v) is 9.30. The summed E-state index contributed by atoms with van der Waals surface area (Å²) in [7, 11) is 0. The average Bonchev–Trinajstić information content (AvgIpc) is 3.07. The Balaban J connectivity index is 1.54. The van der Waals surface area contributed by atoms with E-state index in [-0.39, 0.29) is 12.5 Å². The molecule has 1 fully saturated rings. The zero-order valence-electron chi connectivity index (χ0n) is 16.2. The van der Waals surface area contributed by atoms with Crippen LogP contribution in [0.15, 0.2) is 42.6 Å². The predicted molar refractivity (Wildman–Crippen MR) is 104 cm³/mol. The van der Waals surface area contributed by atoms with Gasteiger partial charge in [-0.3, -0.25) is 4.79 Å². The number of nitrogens with zero attached hydrogens (tertiary/aromatic N) is 2. The predicted octanol–water partition coefficient (Wildman–Crippen LogP) is 3.46. The lowest BCUT2D eigenvalue weighted by Gasteiger charge is -2.33. The Morgan fingerprint density at radius 1 is 1.25 bits per heavy atom. The van der Waals surface area contributed by atoms with E-state index < -0.39 is 17.3 Å². The molecule has 2 aliphatic heterocycles. The van der Waals surface area contributed by atoms with E-state index >= 15 is 0 Å². The van der Waals surface area contributed by atoms with E-state index in [1.165, 1.54) is 4.90 Å². The van der Waals surface area contributed by atoms with Crippen LogP contribution in [0.25, 0.3) is 11.1 Å². The van der Waals surface area contributed by atoms with Gasteiger partial charge in [-0.05, 0) is 32.4 Å². The molecule has 0 aliphatic carbocycles. The Morgan fingerprint density at radius 2 is 2.00 bits per heavy atom. The van der Waals surface area contributed by atoms with Crippen LogP contribution in [0.2, 0.25) is 0 Å². The number of aromatic nitrogens is 1. The molecule has 1 unspecified atom stereocenters. The molecule has 4 rings (SSSR count). The molecule has 1 saturated heterocycles. The third-order valence-corrected chi connectivity index (χ3v) is 4.80. The van der Waals surface area contributed by atoms with Crippen LogP contribution in [0.1, 0.15) is 27.2 Å². The van der Waals surface area contributed by atoms with Crippen LogP contribution >= 0.6 is 0 Å². The molecule has 2 aliphatic rings. The van der Waals surface area contributed by atoms with Crippen molar-refractivity contribution in [1.29, 1.82) is 0 Å². The Hall–Kier alpha value is -3.09. The molecule has 0 saturated carbocycles. The number of carbonyl (C=O) groups is 2. The SMILES string of the molecule is CC(C)(C)OC(=O)N1CCC2(C1)Oc1ncc(-c3ccccc3)cc1NC2=O. The van der Waals surface area contributed by atoms with Crippen LogP contribution in [-0.4, -0.2) is 46.2 Å². The molecule has 28 heavy (non-hydrogen) atoms. The zero-order valence-corrected chi connectivity index (χ0v) is 16.2. The number of anilines is 1. The Kier molecular flexibility index (Phi) is 4.25. The van der Waals surface area contributed by atoms with Gasteiger partial charge in [0.1, 0.15) is 11.3 Å². The fourth-order valence-electron chi connectivity index (χ4n) is 3.41. The zero-order chi connectivity index (χ0) is 19.9. The smallest absolute Gasteiger partial charge is 0.410 e. The lowest BCUT2D eigenvalue weighted by atomic mass is 9.99. The highest BCUT2D eigenvalue weighted by Gasteiger charge is 2.52. The van der Waals surface area contributed by atoms with Gasteiger partial charge in [0.15, 0.2) is 0 Å². The summed E-state index contributed by atoms with van der Waals surface area (Å²) in [6, 6.07) is 11.6. The minimum Gasteiger partial charge on any atom is -0.457 e. The summed E-state index contributed by atoms with van der Waals surface area (Å²) in [6.07, 6.45) is 1.67. The highest BCUT2D eigenvalue weighted by Crippen LogP contribution is 2.38. The summed E-state index contributed by atoms with van der Waals surface area (Å²) in [5.41, 5.74) is 0.702. The largest absolute Gasteiger partial charge is 0.457 e. The summed E-state index contributed by atoms with van der Waals surface area (Å²) in [6.45, 7) is 5.95. The number of pyridine rings is 1. The molecule has 1 aromatic heterocycles. The van der Waals surface area contributed by atoms with Gasteiger partial charge in [-0.2, -0.15) is 0 Å². The number of amides is 2. The van der Waals surface area contributed by atoms with E-state index in [0.717, 1.165) is 11.1 Å². The van der Waals surface area contributed by atoms with Crippen molar-refractivity contribution < 1.29 is 19.1 Å². The number of nitrogens with one attached hydrogen (secondary N) is 1. The van der Waals surface area contributed by atoms with Gasteiger partial charge >= 0.3 is 6.09 Å². The standard InChI is InChI=1S/C21H23N3O4/c1-20(2,3)28-19(26)24-10-9-21(13-24)18(25)23-16-11-15(12-22-17(16)27-21)14-7-5-4-6-8-14/h4-8,11-12H,9-10,13H2,1-3H3,(H,23,25). The Labute approximate surface area is 163 Å². The minimum atomic E-state index is -1.13. The number of carbonyl (C=O) groups excluding carboxylic acids is 2. The number of rotatable bonds is 1. The quantitative estimate of drug-likeness (QED) is 0.818. The van der Waals surface area contributed by atoms with Crippen LogP contribution in [0.5, 0.6) is 5.88 Å². The molecule has 1 N–H and O–H groups in total. The van der Waals surface area contributed by atoms with Crippen LogP contribution < -0.4 is 10.1 Å². The van der Waals surface area contributed by atoms with Crippen molar-refractivity contribution in [2.24, 2.45) is 0 Å². The van der Waals surface area contributed by atoms with E-state index in [1.54, 1.807) is 6.20 Å². The molecule has 2 amide bonds. The second-order valence-corrected chi connectivity index (χ2v) is 8.15. The maximum absolute atomic E-state index is 12.8. The highest BCUT2D eigenvalue weighted by atomic mass is 16.6. The minimum absolute atomic E-state index is 0.134. The number of ether oxygens (including phenoxy) is 2. The first-order valence-electron chi connectivity index (χ1n) is 9.30. The molecule has 0 radical (unpaired) electrons. The van der Waals surface area contributed by atoms with E-state index in [4.69, 9.17) is 9.47 Å². The van der Waals surface area contributed by atoms with Crippen LogP contribution in [-0.2, 0) is 9.53 Å². The first-order chi connectivity index (χ1) is 13.3. The molecule has 7 heteroatoms. The number of hydrogen-bond donors (Lipinski definition) is 1. The van der Waals surface area contributed by atoms with Gasteiger partial charge in [0, 0.05) is 24.7 Å². The number of fused-ring (bicyclic) bond motifs is 1. The van der Waals surface area contributed by atoms with Crippen molar-refractivity contribution >= 4 is 17.7 Å². The van der Waals surface area contributed by atoms with Gasteiger partial charge in [0.05, 0.1) is 6.54 Å². The summed E-state index contributed by atoms with van der Waals surface area (Å²) in [5.74, 6) is 0.100. The van der Waals surface area contributed by atoms with Crippen molar-refractivity contribution in [2.45, 2.75) is 38.4 Å². The molecular weight excluding hydrogens is 358 g/mol. The Morgan fingerprint density at radius 3 is 2.71 bits per heavy atom. The molecule has 1 atom stereocenters. The average molecular weight is 381 g/mol. The summed E-state index contributed by atoms with van der Waals surface area (Å²) in [4.78, 5) is 31.1. The molecule has 146 valence electrons. The number of benzene rings is 1. The third-order valence-electron chi connectivity index (χ3n) is 4.80. The molecular formula is C21H23N3O4. The Bertz CT molecular complexity index is 923. The van der Waals surface area contributed by atoms with Crippen molar-refractivity contribution in [3.05, 3.63) is 42.6 Å². The molecule has 1 spiro atoms. The van der Waals surface area contributed by atoms with Gasteiger partial charge in [0.25, 0.3) is 5.91 Å². The molecule has 1 aromatic carbocycles. The van der Waals surface area contributed by atoms with Gasteiger partial charge in [-0.25, -0.2) is 9.78 Å². The van der Waals surface area contributed by atoms with Crippen LogP contribution in [0.4, 0.5) is 10.5 Å². The van der Waals surface area contributed by atoms with Crippen molar-refractivity contribution in [3.63, 3.8) is 0 Å². The second kappa shape index (κ2) is 6.51. The number of likely N-dealkylation sites (tertiary alicyclic amines) is 1. The maximum atomic E-state index is 12.8. The topological polar surface area (TPSA) is 80.8 Å². The van der Waals surface area contributed by atoms with E-state index in [9.17, 15) is 9.59 Å². The molecule has 2 aromatic rings. The molecule has 7 nitrogen and oxygen atoms in total. The van der Waals surface area contributed by atoms with Gasteiger partial charge in [-0.15, -0.1) is 0 Å².